The van der Waals surface area contributed by atoms with Crippen LogP contribution in [0.2, 0.25) is 0 Å². The van der Waals surface area contributed by atoms with Crippen LogP contribution in [0.5, 0.6) is 11.5 Å². The Morgan fingerprint density at radius 2 is 1.95 bits per heavy atom. The van der Waals surface area contributed by atoms with Crippen molar-refractivity contribution in [3.05, 3.63) is 24.3 Å². The summed E-state index contributed by atoms with van der Waals surface area (Å²) in [5.74, 6) is 2.15. The van der Waals surface area contributed by atoms with Crippen LogP contribution >= 0.6 is 0 Å². The highest BCUT2D eigenvalue weighted by molar-refractivity contribution is 5.39. The van der Waals surface area contributed by atoms with Gasteiger partial charge in [-0.15, -0.1) is 0 Å². The molecule has 20 heavy (non-hydrogen) atoms. The van der Waals surface area contributed by atoms with Gasteiger partial charge < -0.3 is 14.6 Å². The van der Waals surface area contributed by atoms with Crippen molar-refractivity contribution in [2.24, 2.45) is 5.92 Å². The number of hydrogen-bond acceptors (Lipinski definition) is 4. The summed E-state index contributed by atoms with van der Waals surface area (Å²) < 4.78 is 11.4. The summed E-state index contributed by atoms with van der Waals surface area (Å²) in [5, 5.41) is 9.43. The van der Waals surface area contributed by atoms with Crippen molar-refractivity contribution >= 4 is 0 Å². The zero-order valence-corrected chi connectivity index (χ0v) is 12.4. The van der Waals surface area contributed by atoms with Gasteiger partial charge in [0.05, 0.1) is 13.2 Å². The summed E-state index contributed by atoms with van der Waals surface area (Å²) in [6.07, 6.45) is 1.15. The van der Waals surface area contributed by atoms with E-state index in [1.807, 2.05) is 31.2 Å². The number of nitrogens with zero attached hydrogens (tertiary/aromatic N) is 1. The third-order valence-corrected chi connectivity index (χ3v) is 3.97. The Bertz CT molecular complexity index is 410. The van der Waals surface area contributed by atoms with Crippen LogP contribution in [0.15, 0.2) is 24.3 Å². The molecule has 4 nitrogen and oxygen atoms in total. The number of ether oxygens (including phenoxy) is 2. The van der Waals surface area contributed by atoms with E-state index in [9.17, 15) is 5.11 Å². The van der Waals surface area contributed by atoms with Gasteiger partial charge in [-0.05, 0) is 37.9 Å². The molecule has 0 saturated carbocycles. The summed E-state index contributed by atoms with van der Waals surface area (Å²) in [6.45, 7) is 7.54. The first-order chi connectivity index (χ1) is 9.76. The van der Waals surface area contributed by atoms with Gasteiger partial charge in [-0.2, -0.15) is 0 Å². The second-order valence-electron chi connectivity index (χ2n) is 5.28. The summed E-state index contributed by atoms with van der Waals surface area (Å²) >= 11 is 0. The van der Waals surface area contributed by atoms with Gasteiger partial charge in [0.2, 0.25) is 0 Å². The highest BCUT2D eigenvalue weighted by Gasteiger charge is 2.29. The first kappa shape index (κ1) is 15.1. The molecule has 1 aliphatic heterocycles. The first-order valence-corrected chi connectivity index (χ1v) is 7.45. The van der Waals surface area contributed by atoms with Crippen molar-refractivity contribution in [1.29, 1.82) is 0 Å². The summed E-state index contributed by atoms with van der Waals surface area (Å²) in [4.78, 5) is 2.31. The molecule has 2 atom stereocenters. The molecule has 1 aromatic carbocycles. The predicted octanol–water partition coefficient (Wildman–Crippen LogP) is 2.17. The second kappa shape index (κ2) is 7.50. The van der Waals surface area contributed by atoms with E-state index >= 15 is 0 Å². The molecular weight excluding hydrogens is 254 g/mol. The average Bonchev–Trinajstić information content (AvgIpc) is 2.81. The van der Waals surface area contributed by atoms with Crippen LogP contribution in [0.3, 0.4) is 0 Å². The lowest BCUT2D eigenvalue weighted by atomic mass is 10.0. The topological polar surface area (TPSA) is 41.9 Å². The molecule has 2 rings (SSSR count). The minimum atomic E-state index is 0.233. The summed E-state index contributed by atoms with van der Waals surface area (Å²) in [5.41, 5.74) is 0. The highest BCUT2D eigenvalue weighted by atomic mass is 16.5. The van der Waals surface area contributed by atoms with Crippen molar-refractivity contribution in [3.8, 4) is 11.5 Å². The van der Waals surface area contributed by atoms with E-state index in [4.69, 9.17) is 9.47 Å². The fourth-order valence-electron chi connectivity index (χ4n) is 2.78. The molecule has 1 fully saturated rings. The number of hydrogen-bond donors (Lipinski definition) is 1. The molecule has 0 amide bonds. The van der Waals surface area contributed by atoms with Crippen molar-refractivity contribution < 1.29 is 14.6 Å². The van der Waals surface area contributed by atoms with Gasteiger partial charge in [-0.3, -0.25) is 4.90 Å². The van der Waals surface area contributed by atoms with Gasteiger partial charge in [0.1, 0.15) is 6.61 Å². The van der Waals surface area contributed by atoms with Crippen molar-refractivity contribution in [3.63, 3.8) is 0 Å². The van der Waals surface area contributed by atoms with Crippen LogP contribution in [0.4, 0.5) is 0 Å². The van der Waals surface area contributed by atoms with Crippen molar-refractivity contribution in [2.75, 3.05) is 32.9 Å². The van der Waals surface area contributed by atoms with Crippen LogP contribution in [0.1, 0.15) is 20.3 Å². The molecule has 2 unspecified atom stereocenters. The summed E-state index contributed by atoms with van der Waals surface area (Å²) in [7, 11) is 0. The van der Waals surface area contributed by atoms with E-state index in [0.29, 0.717) is 19.1 Å². The predicted molar refractivity (Wildman–Crippen MR) is 79.3 cm³/mol. The second-order valence-corrected chi connectivity index (χ2v) is 5.28. The third-order valence-electron chi connectivity index (χ3n) is 3.97. The maximum Gasteiger partial charge on any atom is 0.161 e. The van der Waals surface area contributed by atoms with E-state index in [2.05, 4.69) is 11.8 Å². The maximum absolute atomic E-state index is 9.43. The van der Waals surface area contributed by atoms with E-state index in [0.717, 1.165) is 31.0 Å². The molecule has 112 valence electrons. The molecule has 1 heterocycles. The van der Waals surface area contributed by atoms with Gasteiger partial charge in [0.15, 0.2) is 11.5 Å². The molecule has 0 radical (unpaired) electrons. The molecular formula is C16H25NO3. The zero-order valence-electron chi connectivity index (χ0n) is 12.4. The fourth-order valence-corrected chi connectivity index (χ4v) is 2.78. The SMILES string of the molecule is CCOc1ccccc1OCCN1CCC(C)C1CO. The van der Waals surface area contributed by atoms with Crippen LogP contribution in [0.25, 0.3) is 0 Å². The smallest absolute Gasteiger partial charge is 0.161 e. The molecule has 1 aromatic rings. The van der Waals surface area contributed by atoms with Gasteiger partial charge in [-0.25, -0.2) is 0 Å². The monoisotopic (exact) mass is 279 g/mol. The highest BCUT2D eigenvalue weighted by Crippen LogP contribution is 2.27. The standard InChI is InChI=1S/C16H25NO3/c1-3-19-15-6-4-5-7-16(15)20-11-10-17-9-8-13(2)14(17)12-18/h4-7,13-14,18H,3,8-12H2,1-2H3. The Balaban J connectivity index is 1.84. The number of benzene rings is 1. The largest absolute Gasteiger partial charge is 0.490 e. The normalized spacial score (nSPS) is 22.9. The Labute approximate surface area is 121 Å². The molecule has 0 bridgehead atoms. The molecule has 0 aromatic heterocycles. The molecule has 4 heteroatoms. The van der Waals surface area contributed by atoms with E-state index in [-0.39, 0.29) is 12.6 Å². The number of aliphatic hydroxyl groups is 1. The molecule has 1 saturated heterocycles. The van der Waals surface area contributed by atoms with Crippen LogP contribution < -0.4 is 9.47 Å². The summed E-state index contributed by atoms with van der Waals surface area (Å²) in [6, 6.07) is 8.03. The first-order valence-electron chi connectivity index (χ1n) is 7.45. The lowest BCUT2D eigenvalue weighted by molar-refractivity contribution is 0.122. The number of aliphatic hydroxyl groups excluding tert-OH is 1. The van der Waals surface area contributed by atoms with Gasteiger partial charge >= 0.3 is 0 Å². The minimum absolute atomic E-state index is 0.233. The molecule has 1 N–H and O–H groups in total. The maximum atomic E-state index is 9.43. The van der Waals surface area contributed by atoms with Crippen LogP contribution in [-0.2, 0) is 0 Å². The Morgan fingerprint density at radius 1 is 1.25 bits per heavy atom. The molecule has 1 aliphatic rings. The third kappa shape index (κ3) is 3.64. The molecule has 0 spiro atoms. The van der Waals surface area contributed by atoms with Gasteiger partial charge in [0.25, 0.3) is 0 Å². The Kier molecular flexibility index (Phi) is 5.68. The van der Waals surface area contributed by atoms with Crippen LogP contribution in [-0.4, -0.2) is 49.0 Å². The minimum Gasteiger partial charge on any atom is -0.490 e. The average molecular weight is 279 g/mol. The lowest BCUT2D eigenvalue weighted by Crippen LogP contribution is -2.37. The lowest BCUT2D eigenvalue weighted by Gasteiger charge is -2.25. The van der Waals surface area contributed by atoms with Crippen molar-refractivity contribution in [2.45, 2.75) is 26.3 Å². The number of likely N-dealkylation sites (tertiary alicyclic amines) is 1. The Morgan fingerprint density at radius 3 is 2.60 bits per heavy atom. The van der Waals surface area contributed by atoms with Crippen molar-refractivity contribution in [1.82, 2.24) is 4.90 Å². The zero-order chi connectivity index (χ0) is 14.4. The molecule has 0 aliphatic carbocycles. The van der Waals surface area contributed by atoms with Gasteiger partial charge in [-0.1, -0.05) is 19.1 Å². The quantitative estimate of drug-likeness (QED) is 0.830. The van der Waals surface area contributed by atoms with E-state index in [1.54, 1.807) is 0 Å². The Hall–Kier alpha value is -1.26. The van der Waals surface area contributed by atoms with E-state index in [1.165, 1.54) is 0 Å². The van der Waals surface area contributed by atoms with Gasteiger partial charge in [0, 0.05) is 12.6 Å². The number of para-hydroxylation sites is 2. The van der Waals surface area contributed by atoms with Crippen LogP contribution in [0, 0.1) is 5.92 Å². The number of rotatable bonds is 7. The van der Waals surface area contributed by atoms with E-state index < -0.39 is 0 Å². The fraction of sp³-hybridized carbons (Fsp3) is 0.625.